The number of benzene rings is 2. The third-order valence-electron chi connectivity index (χ3n) is 4.82. The number of fused-ring (bicyclic) bond motifs is 1. The number of anilines is 1. The van der Waals surface area contributed by atoms with Crippen LogP contribution in [0, 0.1) is 0 Å². The maximum absolute atomic E-state index is 12.8. The second-order valence-corrected chi connectivity index (χ2v) is 7.39. The van der Waals surface area contributed by atoms with Crippen molar-refractivity contribution in [2.75, 3.05) is 4.90 Å². The lowest BCUT2D eigenvalue weighted by atomic mass is 10.1. The normalized spacial score (nSPS) is 16.4. The molecule has 5 nitrogen and oxygen atoms in total. The van der Waals surface area contributed by atoms with Crippen molar-refractivity contribution >= 4 is 34.9 Å². The van der Waals surface area contributed by atoms with E-state index in [1.807, 2.05) is 31.2 Å². The number of carbonyl (C=O) groups excluding carboxylic acids is 3. The van der Waals surface area contributed by atoms with Gasteiger partial charge in [-0.1, -0.05) is 29.8 Å². The highest BCUT2D eigenvalue weighted by Gasteiger charge is 2.34. The molecule has 2 aromatic carbocycles. The quantitative estimate of drug-likeness (QED) is 0.539. The van der Waals surface area contributed by atoms with E-state index < -0.39 is 12.1 Å². The summed E-state index contributed by atoms with van der Waals surface area (Å²) in [7, 11) is 0. The Morgan fingerprint density at radius 3 is 2.50 bits per heavy atom. The highest BCUT2D eigenvalue weighted by Crippen LogP contribution is 2.32. The molecule has 1 aliphatic heterocycles. The van der Waals surface area contributed by atoms with Gasteiger partial charge in [0, 0.05) is 28.7 Å². The SMILES string of the molecule is C[C@H](OC(=O)CCC(=O)c1ccc(Cl)cc1)C(=O)N1c2ccccc2C[C@H]1C. The van der Waals surface area contributed by atoms with Gasteiger partial charge in [-0.15, -0.1) is 0 Å². The number of para-hydroxylation sites is 1. The van der Waals surface area contributed by atoms with E-state index in [0.717, 1.165) is 17.7 Å². The van der Waals surface area contributed by atoms with Gasteiger partial charge in [0.25, 0.3) is 5.91 Å². The topological polar surface area (TPSA) is 63.7 Å². The van der Waals surface area contributed by atoms with Crippen LogP contribution < -0.4 is 4.90 Å². The molecule has 1 amide bonds. The van der Waals surface area contributed by atoms with Crippen molar-refractivity contribution in [1.29, 1.82) is 0 Å². The molecule has 0 saturated heterocycles. The van der Waals surface area contributed by atoms with Crippen molar-refractivity contribution in [1.82, 2.24) is 0 Å². The zero-order valence-electron chi connectivity index (χ0n) is 15.9. The molecule has 0 saturated carbocycles. The zero-order chi connectivity index (χ0) is 20.3. The van der Waals surface area contributed by atoms with Crippen LogP contribution >= 0.6 is 11.6 Å². The fourth-order valence-electron chi connectivity index (χ4n) is 3.40. The largest absolute Gasteiger partial charge is 0.453 e. The number of amides is 1. The Kier molecular flexibility index (Phi) is 6.15. The first-order valence-electron chi connectivity index (χ1n) is 9.26. The van der Waals surface area contributed by atoms with Crippen molar-refractivity contribution in [2.24, 2.45) is 0 Å². The third-order valence-corrected chi connectivity index (χ3v) is 5.08. The van der Waals surface area contributed by atoms with Gasteiger partial charge in [0.05, 0.1) is 6.42 Å². The average molecular weight is 400 g/mol. The van der Waals surface area contributed by atoms with Crippen molar-refractivity contribution in [3.8, 4) is 0 Å². The molecular weight excluding hydrogens is 378 g/mol. The summed E-state index contributed by atoms with van der Waals surface area (Å²) in [6.45, 7) is 3.53. The third kappa shape index (κ3) is 4.42. The average Bonchev–Trinajstić information content (AvgIpc) is 3.01. The second kappa shape index (κ2) is 8.57. The molecule has 0 aliphatic carbocycles. The highest BCUT2D eigenvalue weighted by molar-refractivity contribution is 6.30. The van der Waals surface area contributed by atoms with Crippen LogP contribution in [0.5, 0.6) is 0 Å². The first-order chi connectivity index (χ1) is 13.4. The minimum atomic E-state index is -0.910. The van der Waals surface area contributed by atoms with Gasteiger partial charge in [0.2, 0.25) is 0 Å². The summed E-state index contributed by atoms with van der Waals surface area (Å²) in [4.78, 5) is 38.8. The lowest BCUT2D eigenvalue weighted by molar-refractivity contribution is -0.153. The molecule has 3 rings (SSSR count). The minimum Gasteiger partial charge on any atom is -0.453 e. The van der Waals surface area contributed by atoms with Crippen LogP contribution in [0.15, 0.2) is 48.5 Å². The van der Waals surface area contributed by atoms with Crippen LogP contribution in [0.1, 0.15) is 42.6 Å². The Bertz CT molecular complexity index is 894. The molecule has 0 N–H and O–H groups in total. The Morgan fingerprint density at radius 1 is 1.11 bits per heavy atom. The highest BCUT2D eigenvalue weighted by atomic mass is 35.5. The van der Waals surface area contributed by atoms with Crippen LogP contribution in [0.2, 0.25) is 5.02 Å². The van der Waals surface area contributed by atoms with Crippen LogP contribution in [0.25, 0.3) is 0 Å². The number of hydrogen-bond acceptors (Lipinski definition) is 4. The van der Waals surface area contributed by atoms with Gasteiger partial charge in [0.15, 0.2) is 11.9 Å². The van der Waals surface area contributed by atoms with Crippen molar-refractivity contribution in [2.45, 2.75) is 45.3 Å². The van der Waals surface area contributed by atoms with Gasteiger partial charge in [0.1, 0.15) is 0 Å². The van der Waals surface area contributed by atoms with Crippen LogP contribution in [-0.2, 0) is 20.7 Å². The fourth-order valence-corrected chi connectivity index (χ4v) is 3.53. The second-order valence-electron chi connectivity index (χ2n) is 6.95. The van der Waals surface area contributed by atoms with Crippen molar-refractivity contribution in [3.05, 3.63) is 64.7 Å². The van der Waals surface area contributed by atoms with E-state index in [9.17, 15) is 14.4 Å². The lowest BCUT2D eigenvalue weighted by Crippen LogP contribution is -2.43. The van der Waals surface area contributed by atoms with Crippen molar-refractivity contribution < 1.29 is 19.1 Å². The van der Waals surface area contributed by atoms with Gasteiger partial charge < -0.3 is 9.64 Å². The van der Waals surface area contributed by atoms with Crippen LogP contribution in [0.3, 0.4) is 0 Å². The fraction of sp³-hybridized carbons (Fsp3) is 0.318. The van der Waals surface area contributed by atoms with E-state index in [1.54, 1.807) is 36.1 Å². The molecule has 6 heteroatoms. The number of ketones is 1. The molecule has 0 radical (unpaired) electrons. The van der Waals surface area contributed by atoms with E-state index in [1.165, 1.54) is 0 Å². The molecule has 0 fully saturated rings. The number of Topliss-reactive ketones (excluding diaryl/α,β-unsaturated/α-hetero) is 1. The van der Waals surface area contributed by atoms with Gasteiger partial charge >= 0.3 is 5.97 Å². The van der Waals surface area contributed by atoms with Crippen LogP contribution in [-0.4, -0.2) is 29.8 Å². The molecule has 2 aromatic rings. The molecular formula is C22H22ClNO4. The Hall–Kier alpha value is -2.66. The van der Waals surface area contributed by atoms with Gasteiger partial charge in [-0.25, -0.2) is 0 Å². The summed E-state index contributed by atoms with van der Waals surface area (Å²) < 4.78 is 5.29. The summed E-state index contributed by atoms with van der Waals surface area (Å²) in [5.41, 5.74) is 2.46. The van der Waals surface area contributed by atoms with Gasteiger partial charge in [-0.2, -0.15) is 0 Å². The smallest absolute Gasteiger partial charge is 0.307 e. The molecule has 0 bridgehead atoms. The predicted molar refractivity (Wildman–Crippen MR) is 108 cm³/mol. The minimum absolute atomic E-state index is 0.0116. The summed E-state index contributed by atoms with van der Waals surface area (Å²) >= 11 is 5.81. The van der Waals surface area contributed by atoms with E-state index in [0.29, 0.717) is 10.6 Å². The maximum Gasteiger partial charge on any atom is 0.307 e. The molecule has 1 aliphatic rings. The first-order valence-corrected chi connectivity index (χ1v) is 9.64. The van der Waals surface area contributed by atoms with E-state index >= 15 is 0 Å². The Balaban J connectivity index is 1.55. The number of hydrogen-bond donors (Lipinski definition) is 0. The van der Waals surface area contributed by atoms with Gasteiger partial charge in [-0.05, 0) is 56.2 Å². The predicted octanol–water partition coefficient (Wildman–Crippen LogP) is 4.21. The number of rotatable bonds is 6. The number of esters is 1. The molecule has 146 valence electrons. The first kappa shape index (κ1) is 20.1. The summed E-state index contributed by atoms with van der Waals surface area (Å²) in [5.74, 6) is -0.993. The van der Waals surface area contributed by atoms with E-state index in [2.05, 4.69) is 0 Å². The molecule has 28 heavy (non-hydrogen) atoms. The maximum atomic E-state index is 12.8. The number of carbonyl (C=O) groups is 3. The zero-order valence-corrected chi connectivity index (χ0v) is 16.6. The Morgan fingerprint density at radius 2 is 1.79 bits per heavy atom. The van der Waals surface area contributed by atoms with Gasteiger partial charge in [-0.3, -0.25) is 14.4 Å². The summed E-state index contributed by atoms with van der Waals surface area (Å²) in [5, 5.41) is 0.543. The van der Waals surface area contributed by atoms with E-state index in [-0.39, 0.29) is 30.6 Å². The monoisotopic (exact) mass is 399 g/mol. The lowest BCUT2D eigenvalue weighted by Gasteiger charge is -2.25. The number of halogens is 1. The van der Waals surface area contributed by atoms with E-state index in [4.69, 9.17) is 16.3 Å². The number of ether oxygens (including phenoxy) is 1. The molecule has 2 atom stereocenters. The number of nitrogens with zero attached hydrogens (tertiary/aromatic N) is 1. The standard InChI is InChI=1S/C22H22ClNO4/c1-14-13-17-5-3-4-6-19(17)24(14)22(27)15(2)28-21(26)12-11-20(25)16-7-9-18(23)10-8-16/h3-10,14-15H,11-13H2,1-2H3/t14-,15+/m1/s1. The van der Waals surface area contributed by atoms with Crippen molar-refractivity contribution in [3.63, 3.8) is 0 Å². The van der Waals surface area contributed by atoms with Crippen LogP contribution in [0.4, 0.5) is 5.69 Å². The molecule has 0 aromatic heterocycles. The summed E-state index contributed by atoms with van der Waals surface area (Å²) in [6.07, 6.45) is -0.194. The molecule has 0 unspecified atom stereocenters. The summed E-state index contributed by atoms with van der Waals surface area (Å²) in [6, 6.07) is 14.2. The Labute approximate surface area is 169 Å². The molecule has 0 spiro atoms. The molecule has 1 heterocycles.